The zero-order chi connectivity index (χ0) is 14.8. The summed E-state index contributed by atoms with van der Waals surface area (Å²) in [7, 11) is 1.73. The maximum absolute atomic E-state index is 11.2. The Morgan fingerprint density at radius 2 is 2.19 bits per heavy atom. The predicted octanol–water partition coefficient (Wildman–Crippen LogP) is 2.91. The molecule has 1 aromatic carbocycles. The summed E-state index contributed by atoms with van der Waals surface area (Å²) in [4.78, 5) is 15.5. The molecule has 0 radical (unpaired) electrons. The van der Waals surface area contributed by atoms with Crippen molar-refractivity contribution < 1.29 is 14.6 Å². The second-order valence-electron chi connectivity index (χ2n) is 5.39. The van der Waals surface area contributed by atoms with Crippen molar-refractivity contribution in [2.24, 2.45) is 0 Å². The molecule has 110 valence electrons. The quantitative estimate of drug-likeness (QED) is 0.904. The molecular weight excluding hydrogens is 268 g/mol. The largest absolute Gasteiger partial charge is 0.477 e. The fourth-order valence-corrected chi connectivity index (χ4v) is 2.90. The van der Waals surface area contributed by atoms with Gasteiger partial charge in [0.2, 0.25) is 0 Å². The predicted molar refractivity (Wildman–Crippen MR) is 80.8 cm³/mol. The summed E-state index contributed by atoms with van der Waals surface area (Å²) in [5.41, 5.74) is 0.0671. The SMILES string of the molecule is COC1CCC(Nc2nc(C(=O)O)cc3ccccc23)C1. The van der Waals surface area contributed by atoms with Crippen molar-refractivity contribution in [2.45, 2.75) is 31.4 Å². The van der Waals surface area contributed by atoms with Crippen molar-refractivity contribution in [2.75, 3.05) is 12.4 Å². The van der Waals surface area contributed by atoms with E-state index in [9.17, 15) is 9.90 Å². The molecule has 21 heavy (non-hydrogen) atoms. The molecule has 1 aromatic heterocycles. The Morgan fingerprint density at radius 3 is 2.90 bits per heavy atom. The highest BCUT2D eigenvalue weighted by Gasteiger charge is 2.25. The molecule has 3 rings (SSSR count). The number of aromatic nitrogens is 1. The van der Waals surface area contributed by atoms with E-state index in [4.69, 9.17) is 4.74 Å². The maximum Gasteiger partial charge on any atom is 0.354 e. The van der Waals surface area contributed by atoms with E-state index in [1.54, 1.807) is 13.2 Å². The first-order valence-corrected chi connectivity index (χ1v) is 7.10. The molecule has 0 amide bonds. The molecule has 5 heteroatoms. The van der Waals surface area contributed by atoms with Crippen LogP contribution in [0, 0.1) is 0 Å². The second kappa shape index (κ2) is 5.69. The highest BCUT2D eigenvalue weighted by molar-refractivity contribution is 5.97. The van der Waals surface area contributed by atoms with Gasteiger partial charge in [-0.1, -0.05) is 24.3 Å². The normalized spacial score (nSPS) is 21.6. The summed E-state index contributed by atoms with van der Waals surface area (Å²) in [5.74, 6) is -0.364. The molecule has 1 saturated carbocycles. The zero-order valence-corrected chi connectivity index (χ0v) is 11.9. The van der Waals surface area contributed by atoms with Gasteiger partial charge in [-0.05, 0) is 30.7 Å². The Hall–Kier alpha value is -2.14. The van der Waals surface area contributed by atoms with Gasteiger partial charge in [-0.25, -0.2) is 9.78 Å². The summed E-state index contributed by atoms with van der Waals surface area (Å²) in [5, 5.41) is 14.4. The molecule has 1 heterocycles. The minimum atomic E-state index is -1.01. The van der Waals surface area contributed by atoms with Gasteiger partial charge in [0.15, 0.2) is 5.69 Å². The van der Waals surface area contributed by atoms with Gasteiger partial charge in [-0.2, -0.15) is 0 Å². The number of anilines is 1. The zero-order valence-electron chi connectivity index (χ0n) is 11.9. The minimum Gasteiger partial charge on any atom is -0.477 e. The van der Waals surface area contributed by atoms with Crippen molar-refractivity contribution in [3.63, 3.8) is 0 Å². The highest BCUT2D eigenvalue weighted by atomic mass is 16.5. The first kappa shape index (κ1) is 13.8. The number of methoxy groups -OCH3 is 1. The van der Waals surface area contributed by atoms with Crippen LogP contribution in [0.2, 0.25) is 0 Å². The molecule has 5 nitrogen and oxygen atoms in total. The molecule has 2 N–H and O–H groups in total. The van der Waals surface area contributed by atoms with Gasteiger partial charge in [0.05, 0.1) is 6.10 Å². The number of hydrogen-bond acceptors (Lipinski definition) is 4. The Labute approximate surface area is 123 Å². The van der Waals surface area contributed by atoms with Gasteiger partial charge < -0.3 is 15.2 Å². The average Bonchev–Trinajstić information content (AvgIpc) is 2.94. The summed E-state index contributed by atoms with van der Waals surface area (Å²) >= 11 is 0. The number of rotatable bonds is 4. The number of fused-ring (bicyclic) bond motifs is 1. The number of hydrogen-bond donors (Lipinski definition) is 2. The first-order chi connectivity index (χ1) is 10.2. The van der Waals surface area contributed by atoms with Crippen LogP contribution in [-0.4, -0.2) is 35.3 Å². The lowest BCUT2D eigenvalue weighted by Crippen LogP contribution is -2.19. The topological polar surface area (TPSA) is 71.5 Å². The van der Waals surface area contributed by atoms with E-state index in [1.165, 1.54) is 0 Å². The number of aromatic carboxylic acids is 1. The van der Waals surface area contributed by atoms with Crippen LogP contribution in [0.25, 0.3) is 10.8 Å². The first-order valence-electron chi connectivity index (χ1n) is 7.10. The molecule has 0 bridgehead atoms. The van der Waals surface area contributed by atoms with Gasteiger partial charge in [0.25, 0.3) is 0 Å². The van der Waals surface area contributed by atoms with Gasteiger partial charge in [0, 0.05) is 18.5 Å². The molecule has 2 atom stereocenters. The number of carboxylic acids is 1. The van der Waals surface area contributed by atoms with Crippen molar-refractivity contribution in [3.8, 4) is 0 Å². The second-order valence-corrected chi connectivity index (χ2v) is 5.39. The van der Waals surface area contributed by atoms with E-state index >= 15 is 0 Å². The van der Waals surface area contributed by atoms with Crippen LogP contribution < -0.4 is 5.32 Å². The van der Waals surface area contributed by atoms with Crippen LogP contribution in [0.15, 0.2) is 30.3 Å². The summed E-state index contributed by atoms with van der Waals surface area (Å²) < 4.78 is 5.37. The van der Waals surface area contributed by atoms with E-state index in [2.05, 4.69) is 10.3 Å². The van der Waals surface area contributed by atoms with Crippen LogP contribution in [0.5, 0.6) is 0 Å². The number of ether oxygens (including phenoxy) is 1. The van der Waals surface area contributed by atoms with E-state index in [-0.39, 0.29) is 17.8 Å². The summed E-state index contributed by atoms with van der Waals surface area (Å²) in [6.07, 6.45) is 3.22. The molecule has 1 fully saturated rings. The Morgan fingerprint density at radius 1 is 1.38 bits per heavy atom. The van der Waals surface area contributed by atoms with Crippen molar-refractivity contribution in [3.05, 3.63) is 36.0 Å². The third-order valence-corrected chi connectivity index (χ3v) is 4.02. The van der Waals surface area contributed by atoms with E-state index in [1.807, 2.05) is 24.3 Å². The van der Waals surface area contributed by atoms with Crippen molar-refractivity contribution in [1.82, 2.24) is 4.98 Å². The van der Waals surface area contributed by atoms with E-state index in [0.717, 1.165) is 30.0 Å². The Bertz CT molecular complexity index is 672. The van der Waals surface area contributed by atoms with Gasteiger partial charge in [0.1, 0.15) is 5.82 Å². The number of carbonyl (C=O) groups is 1. The van der Waals surface area contributed by atoms with Crippen molar-refractivity contribution in [1.29, 1.82) is 0 Å². The summed E-state index contributed by atoms with van der Waals surface area (Å²) in [6, 6.07) is 9.57. The molecule has 0 aliphatic heterocycles. The fourth-order valence-electron chi connectivity index (χ4n) is 2.90. The van der Waals surface area contributed by atoms with Gasteiger partial charge in [-0.3, -0.25) is 0 Å². The van der Waals surface area contributed by atoms with E-state index < -0.39 is 5.97 Å². The highest BCUT2D eigenvalue weighted by Crippen LogP contribution is 2.28. The molecule has 0 saturated heterocycles. The molecule has 2 unspecified atom stereocenters. The number of benzene rings is 1. The minimum absolute atomic E-state index is 0.0671. The number of carboxylic acid groups (broad SMARTS) is 1. The smallest absolute Gasteiger partial charge is 0.354 e. The molecule has 2 aromatic rings. The monoisotopic (exact) mass is 286 g/mol. The molecule has 1 aliphatic carbocycles. The van der Waals surface area contributed by atoms with Crippen LogP contribution in [-0.2, 0) is 4.74 Å². The van der Waals surface area contributed by atoms with Crippen LogP contribution >= 0.6 is 0 Å². The molecular formula is C16H18N2O3. The lowest BCUT2D eigenvalue weighted by atomic mass is 10.1. The molecule has 0 spiro atoms. The van der Waals surface area contributed by atoms with Gasteiger partial charge in [-0.15, -0.1) is 0 Å². The van der Waals surface area contributed by atoms with Crippen LogP contribution in [0.1, 0.15) is 29.8 Å². The standard InChI is InChI=1S/C16H18N2O3/c1-21-12-7-6-11(9-12)17-15-13-5-3-2-4-10(13)8-14(18-15)16(19)20/h2-5,8,11-12H,6-7,9H2,1H3,(H,17,18)(H,19,20). The van der Waals surface area contributed by atoms with E-state index in [0.29, 0.717) is 5.82 Å². The third-order valence-electron chi connectivity index (χ3n) is 4.02. The van der Waals surface area contributed by atoms with Crippen LogP contribution in [0.4, 0.5) is 5.82 Å². The number of nitrogens with zero attached hydrogens (tertiary/aromatic N) is 1. The van der Waals surface area contributed by atoms with Crippen molar-refractivity contribution >= 4 is 22.6 Å². The Balaban J connectivity index is 1.94. The molecule has 1 aliphatic rings. The average molecular weight is 286 g/mol. The summed E-state index contributed by atoms with van der Waals surface area (Å²) in [6.45, 7) is 0. The maximum atomic E-state index is 11.2. The third kappa shape index (κ3) is 2.83. The van der Waals surface area contributed by atoms with Crippen LogP contribution in [0.3, 0.4) is 0 Å². The lowest BCUT2D eigenvalue weighted by molar-refractivity contribution is 0.0691. The number of nitrogens with one attached hydrogen (secondary N) is 1. The number of pyridine rings is 1. The Kier molecular flexibility index (Phi) is 3.75. The van der Waals surface area contributed by atoms with Gasteiger partial charge >= 0.3 is 5.97 Å². The fraction of sp³-hybridized carbons (Fsp3) is 0.375. The lowest BCUT2D eigenvalue weighted by Gasteiger charge is -2.16.